The molecule has 0 saturated heterocycles. The van der Waals surface area contributed by atoms with Crippen molar-refractivity contribution in [1.82, 2.24) is 0 Å². The average molecular weight is 285 g/mol. The lowest BCUT2D eigenvalue weighted by molar-refractivity contribution is 0.102. The first-order valence-electron chi connectivity index (χ1n) is 6.09. The minimum absolute atomic E-state index is 0.280. The summed E-state index contributed by atoms with van der Waals surface area (Å²) in [6, 6.07) is 12.6. The number of benzene rings is 2. The van der Waals surface area contributed by atoms with Crippen molar-refractivity contribution in [3.05, 3.63) is 63.7 Å². The van der Waals surface area contributed by atoms with E-state index in [1.807, 2.05) is 19.9 Å². The third-order valence-electron chi connectivity index (χ3n) is 2.94. The predicted molar refractivity (Wildman–Crippen MR) is 80.0 cm³/mol. The topological polar surface area (TPSA) is 52.9 Å². The van der Waals surface area contributed by atoms with Crippen LogP contribution < -0.4 is 5.32 Å². The molecule has 0 aliphatic carbocycles. The molecular formula is C16H13ClN2O. The number of rotatable bonds is 2. The van der Waals surface area contributed by atoms with Gasteiger partial charge in [-0.15, -0.1) is 0 Å². The summed E-state index contributed by atoms with van der Waals surface area (Å²) in [5, 5.41) is 12.4. The molecule has 2 aromatic carbocycles. The van der Waals surface area contributed by atoms with Crippen LogP contribution in [0.3, 0.4) is 0 Å². The molecule has 0 aliphatic rings. The Bertz CT molecular complexity index is 697. The highest BCUT2D eigenvalue weighted by atomic mass is 35.5. The first-order chi connectivity index (χ1) is 9.51. The second kappa shape index (κ2) is 5.77. The Kier molecular flexibility index (Phi) is 4.07. The van der Waals surface area contributed by atoms with Crippen LogP contribution in [0.2, 0.25) is 5.02 Å². The number of nitrogens with zero attached hydrogens (tertiary/aromatic N) is 1. The molecule has 0 bridgehead atoms. The van der Waals surface area contributed by atoms with E-state index >= 15 is 0 Å². The van der Waals surface area contributed by atoms with Gasteiger partial charge in [0.15, 0.2) is 0 Å². The van der Waals surface area contributed by atoms with Gasteiger partial charge in [-0.2, -0.15) is 5.26 Å². The van der Waals surface area contributed by atoms with Gasteiger partial charge in [0.05, 0.1) is 11.3 Å². The largest absolute Gasteiger partial charge is 0.321 e. The quantitative estimate of drug-likeness (QED) is 0.903. The molecule has 0 spiro atoms. The summed E-state index contributed by atoms with van der Waals surface area (Å²) in [6.07, 6.45) is 0. The summed E-state index contributed by atoms with van der Waals surface area (Å²) in [4.78, 5) is 12.2. The molecule has 1 N–H and O–H groups in total. The van der Waals surface area contributed by atoms with Gasteiger partial charge in [0.1, 0.15) is 6.07 Å². The first-order valence-corrected chi connectivity index (χ1v) is 6.47. The van der Waals surface area contributed by atoms with Crippen molar-refractivity contribution in [3.63, 3.8) is 0 Å². The van der Waals surface area contributed by atoms with Gasteiger partial charge in [0.2, 0.25) is 0 Å². The van der Waals surface area contributed by atoms with Crippen LogP contribution in [0.1, 0.15) is 27.0 Å². The Balaban J connectivity index is 2.33. The monoisotopic (exact) mass is 284 g/mol. The molecule has 0 aliphatic heterocycles. The third-order valence-corrected chi connectivity index (χ3v) is 3.16. The van der Waals surface area contributed by atoms with Crippen LogP contribution in [0.15, 0.2) is 36.4 Å². The number of hydrogen-bond donors (Lipinski definition) is 1. The van der Waals surface area contributed by atoms with Gasteiger partial charge in [-0.3, -0.25) is 4.79 Å². The van der Waals surface area contributed by atoms with E-state index in [4.69, 9.17) is 16.9 Å². The van der Waals surface area contributed by atoms with Crippen LogP contribution in [0.25, 0.3) is 0 Å². The van der Waals surface area contributed by atoms with E-state index in [0.29, 0.717) is 21.8 Å². The fraction of sp³-hybridized carbons (Fsp3) is 0.125. The molecule has 0 radical (unpaired) electrons. The van der Waals surface area contributed by atoms with E-state index in [1.54, 1.807) is 30.3 Å². The molecule has 0 saturated carbocycles. The van der Waals surface area contributed by atoms with Crippen LogP contribution in [-0.4, -0.2) is 5.91 Å². The number of aryl methyl sites for hydroxylation is 2. The summed E-state index contributed by atoms with van der Waals surface area (Å²) < 4.78 is 0. The summed E-state index contributed by atoms with van der Waals surface area (Å²) in [5.74, 6) is -0.280. The lowest BCUT2D eigenvalue weighted by Gasteiger charge is -2.09. The van der Waals surface area contributed by atoms with Crippen LogP contribution in [-0.2, 0) is 0 Å². The number of amides is 1. The summed E-state index contributed by atoms with van der Waals surface area (Å²) in [5.41, 5.74) is 3.19. The van der Waals surface area contributed by atoms with Crippen LogP contribution in [0.5, 0.6) is 0 Å². The van der Waals surface area contributed by atoms with Crippen LogP contribution in [0, 0.1) is 25.2 Å². The molecule has 0 heterocycles. The van der Waals surface area contributed by atoms with Crippen molar-refractivity contribution in [1.29, 1.82) is 5.26 Å². The Morgan fingerprint density at radius 3 is 2.65 bits per heavy atom. The summed E-state index contributed by atoms with van der Waals surface area (Å²) in [7, 11) is 0. The number of carbonyl (C=O) groups is 1. The third kappa shape index (κ3) is 2.98. The molecular weight excluding hydrogens is 272 g/mol. The number of nitriles is 1. The Labute approximate surface area is 122 Å². The number of anilines is 1. The molecule has 0 atom stereocenters. The maximum absolute atomic E-state index is 12.2. The van der Waals surface area contributed by atoms with Gasteiger partial charge in [0.25, 0.3) is 5.91 Å². The fourth-order valence-corrected chi connectivity index (χ4v) is 2.27. The minimum atomic E-state index is -0.280. The van der Waals surface area contributed by atoms with E-state index in [0.717, 1.165) is 11.1 Å². The summed E-state index contributed by atoms with van der Waals surface area (Å²) >= 11 is 5.95. The van der Waals surface area contributed by atoms with E-state index in [2.05, 4.69) is 11.4 Å². The molecule has 3 nitrogen and oxygen atoms in total. The number of carbonyl (C=O) groups excluding carboxylic acids is 1. The Morgan fingerprint density at radius 2 is 2.00 bits per heavy atom. The highest BCUT2D eigenvalue weighted by Gasteiger charge is 2.11. The van der Waals surface area contributed by atoms with Gasteiger partial charge in [-0.1, -0.05) is 23.7 Å². The zero-order valence-corrected chi connectivity index (χ0v) is 12.0. The second-order valence-corrected chi connectivity index (χ2v) is 5.02. The molecule has 2 aromatic rings. The number of hydrogen-bond acceptors (Lipinski definition) is 2. The smallest absolute Gasteiger partial charge is 0.255 e. The van der Waals surface area contributed by atoms with E-state index < -0.39 is 0 Å². The lowest BCUT2D eigenvalue weighted by atomic mass is 10.1. The standard InChI is InChI=1S/C16H13ClN2O/c1-10-6-12(8-13(17)7-10)16(20)19-15-5-3-4-11(2)14(15)9-18/h3-8H,1-2H3,(H,19,20). The van der Waals surface area contributed by atoms with Gasteiger partial charge < -0.3 is 5.32 Å². The lowest BCUT2D eigenvalue weighted by Crippen LogP contribution is -2.13. The predicted octanol–water partition coefficient (Wildman–Crippen LogP) is 4.08. The van der Waals surface area contributed by atoms with Crippen molar-refractivity contribution >= 4 is 23.2 Å². The molecule has 0 aromatic heterocycles. The van der Waals surface area contributed by atoms with E-state index in [9.17, 15) is 4.79 Å². The maximum atomic E-state index is 12.2. The van der Waals surface area contributed by atoms with Crippen LogP contribution >= 0.6 is 11.6 Å². The van der Waals surface area contributed by atoms with Gasteiger partial charge in [-0.25, -0.2) is 0 Å². The molecule has 100 valence electrons. The first kappa shape index (κ1) is 14.1. The zero-order chi connectivity index (χ0) is 14.7. The fourth-order valence-electron chi connectivity index (χ4n) is 1.98. The number of halogens is 1. The van der Waals surface area contributed by atoms with E-state index in [-0.39, 0.29) is 5.91 Å². The van der Waals surface area contributed by atoms with Gasteiger partial charge >= 0.3 is 0 Å². The molecule has 20 heavy (non-hydrogen) atoms. The van der Waals surface area contributed by atoms with E-state index in [1.165, 1.54) is 0 Å². The van der Waals surface area contributed by atoms with Gasteiger partial charge in [0, 0.05) is 10.6 Å². The SMILES string of the molecule is Cc1cc(Cl)cc(C(=O)Nc2cccc(C)c2C#N)c1. The molecule has 2 rings (SSSR count). The Hall–Kier alpha value is -2.31. The van der Waals surface area contributed by atoms with Crippen molar-refractivity contribution in [2.24, 2.45) is 0 Å². The second-order valence-electron chi connectivity index (χ2n) is 4.58. The summed E-state index contributed by atoms with van der Waals surface area (Å²) in [6.45, 7) is 3.70. The van der Waals surface area contributed by atoms with Crippen molar-refractivity contribution < 1.29 is 4.79 Å². The minimum Gasteiger partial charge on any atom is -0.321 e. The normalized spacial score (nSPS) is 9.90. The van der Waals surface area contributed by atoms with Gasteiger partial charge in [-0.05, 0) is 49.2 Å². The van der Waals surface area contributed by atoms with Crippen molar-refractivity contribution in [3.8, 4) is 6.07 Å². The zero-order valence-electron chi connectivity index (χ0n) is 11.2. The molecule has 4 heteroatoms. The number of nitrogens with one attached hydrogen (secondary N) is 1. The molecule has 0 fully saturated rings. The highest BCUT2D eigenvalue weighted by molar-refractivity contribution is 6.31. The highest BCUT2D eigenvalue weighted by Crippen LogP contribution is 2.20. The average Bonchev–Trinajstić information content (AvgIpc) is 2.37. The molecule has 1 amide bonds. The molecule has 0 unspecified atom stereocenters. The van der Waals surface area contributed by atoms with Crippen molar-refractivity contribution in [2.45, 2.75) is 13.8 Å². The van der Waals surface area contributed by atoms with Crippen LogP contribution in [0.4, 0.5) is 5.69 Å². The Morgan fingerprint density at radius 1 is 1.25 bits per heavy atom. The van der Waals surface area contributed by atoms with Crippen molar-refractivity contribution in [2.75, 3.05) is 5.32 Å². The maximum Gasteiger partial charge on any atom is 0.255 e.